The minimum Gasteiger partial charge on any atom is -0.467 e. The molecule has 0 radical (unpaired) electrons. The van der Waals surface area contributed by atoms with Gasteiger partial charge in [-0.1, -0.05) is 0 Å². The number of esters is 1. The summed E-state index contributed by atoms with van der Waals surface area (Å²) in [5.41, 5.74) is 0.575. The van der Waals surface area contributed by atoms with Crippen LogP contribution in [0.25, 0.3) is 0 Å². The maximum absolute atomic E-state index is 13.4. The lowest BCUT2D eigenvalue weighted by Crippen LogP contribution is -2.59. The van der Waals surface area contributed by atoms with Crippen molar-refractivity contribution < 1.29 is 18.7 Å². The average molecular weight is 281 g/mol. The highest BCUT2D eigenvalue weighted by molar-refractivity contribution is 5.86. The second kappa shape index (κ2) is 5.79. The molecule has 1 fully saturated rings. The molecule has 0 atom stereocenters. The lowest BCUT2D eigenvalue weighted by atomic mass is 9.73. The van der Waals surface area contributed by atoms with Crippen LogP contribution in [0.15, 0.2) is 18.2 Å². The van der Waals surface area contributed by atoms with E-state index in [1.165, 1.54) is 19.2 Å². The fourth-order valence-electron chi connectivity index (χ4n) is 2.67. The molecule has 0 aliphatic heterocycles. The molecule has 110 valence electrons. The van der Waals surface area contributed by atoms with E-state index >= 15 is 0 Å². The molecule has 5 heteroatoms. The Bertz CT molecular complexity index is 478. The maximum Gasteiger partial charge on any atom is 0.331 e. The van der Waals surface area contributed by atoms with E-state index in [-0.39, 0.29) is 17.9 Å². The van der Waals surface area contributed by atoms with Gasteiger partial charge < -0.3 is 14.8 Å². The number of anilines is 1. The quantitative estimate of drug-likeness (QED) is 0.843. The lowest BCUT2D eigenvalue weighted by Gasteiger charge is -2.45. The summed E-state index contributed by atoms with van der Waals surface area (Å²) in [6.07, 6.45) is 1.10. The molecule has 0 bridgehead atoms. The number of carbonyl (C=O) groups is 1. The van der Waals surface area contributed by atoms with E-state index < -0.39 is 5.54 Å². The van der Waals surface area contributed by atoms with Crippen molar-refractivity contribution in [2.24, 2.45) is 0 Å². The van der Waals surface area contributed by atoms with Gasteiger partial charge in [-0.3, -0.25) is 0 Å². The molecule has 1 aliphatic rings. The Balaban J connectivity index is 2.15. The zero-order valence-corrected chi connectivity index (χ0v) is 12.0. The summed E-state index contributed by atoms with van der Waals surface area (Å²) >= 11 is 0. The molecule has 0 unspecified atom stereocenters. The Morgan fingerprint density at radius 1 is 1.45 bits per heavy atom. The van der Waals surface area contributed by atoms with Crippen molar-refractivity contribution in [1.29, 1.82) is 0 Å². The summed E-state index contributed by atoms with van der Waals surface area (Å²) < 4.78 is 23.8. The van der Waals surface area contributed by atoms with E-state index in [0.29, 0.717) is 25.1 Å². The summed E-state index contributed by atoms with van der Waals surface area (Å²) in [6.45, 7) is 4.34. The van der Waals surface area contributed by atoms with Crippen molar-refractivity contribution in [3.05, 3.63) is 29.6 Å². The van der Waals surface area contributed by atoms with E-state index in [9.17, 15) is 9.18 Å². The number of nitrogens with one attached hydrogen (secondary N) is 1. The third-order valence-electron chi connectivity index (χ3n) is 3.56. The van der Waals surface area contributed by atoms with Crippen LogP contribution < -0.4 is 5.32 Å². The van der Waals surface area contributed by atoms with E-state index in [1.54, 1.807) is 0 Å². The predicted octanol–water partition coefficient (Wildman–Crippen LogP) is 2.66. The largest absolute Gasteiger partial charge is 0.467 e. The van der Waals surface area contributed by atoms with Crippen LogP contribution in [0.2, 0.25) is 0 Å². The predicted molar refractivity (Wildman–Crippen MR) is 74.2 cm³/mol. The second-order valence-corrected chi connectivity index (χ2v) is 5.20. The molecule has 4 nitrogen and oxygen atoms in total. The first kappa shape index (κ1) is 14.8. The average Bonchev–Trinajstić information content (AvgIpc) is 2.33. The van der Waals surface area contributed by atoms with Crippen LogP contribution in [-0.4, -0.2) is 31.3 Å². The summed E-state index contributed by atoms with van der Waals surface area (Å²) in [5.74, 6) is -0.663. The first-order valence-corrected chi connectivity index (χ1v) is 6.74. The van der Waals surface area contributed by atoms with Gasteiger partial charge in [0.15, 0.2) is 0 Å². The van der Waals surface area contributed by atoms with Gasteiger partial charge in [0.1, 0.15) is 11.4 Å². The Morgan fingerprint density at radius 2 is 2.15 bits per heavy atom. The highest BCUT2D eigenvalue weighted by atomic mass is 19.1. The Hall–Kier alpha value is -1.62. The number of halogens is 1. The number of carbonyl (C=O) groups excluding carboxylic acids is 1. The molecule has 1 saturated carbocycles. The molecule has 0 saturated heterocycles. The van der Waals surface area contributed by atoms with Crippen LogP contribution in [0.4, 0.5) is 10.1 Å². The zero-order chi connectivity index (χ0) is 14.8. The molecule has 0 heterocycles. The van der Waals surface area contributed by atoms with Gasteiger partial charge in [0, 0.05) is 25.1 Å². The van der Waals surface area contributed by atoms with Crippen LogP contribution in [0.3, 0.4) is 0 Å². The van der Waals surface area contributed by atoms with Gasteiger partial charge in [-0.25, -0.2) is 9.18 Å². The van der Waals surface area contributed by atoms with Gasteiger partial charge in [-0.15, -0.1) is 0 Å². The fourth-order valence-corrected chi connectivity index (χ4v) is 2.67. The molecule has 0 spiro atoms. The summed E-state index contributed by atoms with van der Waals surface area (Å²) in [5, 5.41) is 3.12. The SMILES string of the molecule is CCOC1CC(Nc2cc(C)cc(F)c2)(C(=O)OC)C1. The topological polar surface area (TPSA) is 47.6 Å². The Morgan fingerprint density at radius 3 is 2.70 bits per heavy atom. The molecule has 2 rings (SSSR count). The van der Waals surface area contributed by atoms with E-state index in [1.807, 2.05) is 19.9 Å². The standard InChI is InChI=1S/C15H20FNO3/c1-4-20-13-8-15(9-13,14(18)19-3)17-12-6-10(2)5-11(16)7-12/h5-7,13,17H,4,8-9H2,1-3H3. The molecule has 0 amide bonds. The molecule has 1 aliphatic carbocycles. The zero-order valence-electron chi connectivity index (χ0n) is 12.0. The molecular formula is C15H20FNO3. The number of ether oxygens (including phenoxy) is 2. The van der Waals surface area contributed by atoms with Crippen LogP contribution in [0.5, 0.6) is 0 Å². The first-order valence-electron chi connectivity index (χ1n) is 6.74. The summed E-state index contributed by atoms with van der Waals surface area (Å²) in [4.78, 5) is 12.0. The highest BCUT2D eigenvalue weighted by Crippen LogP contribution is 2.39. The lowest BCUT2D eigenvalue weighted by molar-refractivity contribution is -0.155. The Kier molecular flexibility index (Phi) is 4.28. The monoisotopic (exact) mass is 281 g/mol. The van der Waals surface area contributed by atoms with Crippen molar-refractivity contribution in [2.75, 3.05) is 19.0 Å². The number of benzene rings is 1. The van der Waals surface area contributed by atoms with Crippen molar-refractivity contribution >= 4 is 11.7 Å². The third kappa shape index (κ3) is 2.93. The van der Waals surface area contributed by atoms with Crippen LogP contribution in [0.1, 0.15) is 25.3 Å². The normalized spacial score (nSPS) is 24.9. The number of hydrogen-bond acceptors (Lipinski definition) is 4. The van der Waals surface area contributed by atoms with Crippen molar-refractivity contribution in [3.63, 3.8) is 0 Å². The van der Waals surface area contributed by atoms with Crippen LogP contribution >= 0.6 is 0 Å². The molecule has 1 aromatic carbocycles. The Labute approximate surface area is 118 Å². The number of rotatable bonds is 5. The van der Waals surface area contributed by atoms with Crippen molar-refractivity contribution in [1.82, 2.24) is 0 Å². The number of aryl methyl sites for hydroxylation is 1. The van der Waals surface area contributed by atoms with Crippen molar-refractivity contribution in [2.45, 2.75) is 38.3 Å². The minimum absolute atomic E-state index is 0.0428. The van der Waals surface area contributed by atoms with Crippen LogP contribution in [-0.2, 0) is 14.3 Å². The van der Waals surface area contributed by atoms with Crippen molar-refractivity contribution in [3.8, 4) is 0 Å². The van der Waals surface area contributed by atoms with Gasteiger partial charge >= 0.3 is 5.97 Å². The van der Waals surface area contributed by atoms with Gasteiger partial charge in [0.25, 0.3) is 0 Å². The molecule has 20 heavy (non-hydrogen) atoms. The minimum atomic E-state index is -0.811. The van der Waals surface area contributed by atoms with E-state index in [2.05, 4.69) is 5.32 Å². The number of methoxy groups -OCH3 is 1. The second-order valence-electron chi connectivity index (χ2n) is 5.20. The van der Waals surface area contributed by atoms with E-state index in [0.717, 1.165) is 5.56 Å². The fraction of sp³-hybridized carbons (Fsp3) is 0.533. The first-order chi connectivity index (χ1) is 9.49. The van der Waals surface area contributed by atoms with Gasteiger partial charge in [0.05, 0.1) is 13.2 Å². The third-order valence-corrected chi connectivity index (χ3v) is 3.56. The summed E-state index contributed by atoms with van der Waals surface area (Å²) in [6, 6.07) is 4.63. The van der Waals surface area contributed by atoms with Gasteiger partial charge in [0.2, 0.25) is 0 Å². The van der Waals surface area contributed by atoms with Crippen LogP contribution in [0, 0.1) is 12.7 Å². The van der Waals surface area contributed by atoms with Gasteiger partial charge in [-0.05, 0) is 37.6 Å². The molecule has 0 aromatic heterocycles. The number of hydrogen-bond donors (Lipinski definition) is 1. The summed E-state index contributed by atoms with van der Waals surface area (Å²) in [7, 11) is 1.36. The van der Waals surface area contributed by atoms with Gasteiger partial charge in [-0.2, -0.15) is 0 Å². The molecular weight excluding hydrogens is 261 g/mol. The maximum atomic E-state index is 13.4. The van der Waals surface area contributed by atoms with E-state index in [4.69, 9.17) is 9.47 Å². The molecule has 1 aromatic rings. The molecule has 1 N–H and O–H groups in total. The smallest absolute Gasteiger partial charge is 0.331 e. The highest BCUT2D eigenvalue weighted by Gasteiger charge is 2.52.